The Balaban J connectivity index is 3.06. The summed E-state index contributed by atoms with van der Waals surface area (Å²) in [6.45, 7) is 0.372. The first-order valence-electron chi connectivity index (χ1n) is 2.06. The molecule has 8 heavy (non-hydrogen) atoms. The van der Waals surface area contributed by atoms with Gasteiger partial charge in [-0.3, -0.25) is 4.79 Å². The third-order valence-electron chi connectivity index (χ3n) is 0.484. The zero-order chi connectivity index (χ0) is 6.24. The summed E-state index contributed by atoms with van der Waals surface area (Å²) in [7, 11) is 0. The molecule has 0 aliphatic rings. The average molecular weight is 109 g/mol. The van der Waals surface area contributed by atoms with E-state index in [0.29, 0.717) is 6.54 Å². The van der Waals surface area contributed by atoms with Crippen LogP contribution in [0.1, 0.15) is 0 Å². The molecule has 3 heteroatoms. The first kappa shape index (κ1) is 6.70. The normalized spacial score (nSPS) is 8.38. The van der Waals surface area contributed by atoms with Crippen LogP contribution in [0.2, 0.25) is 0 Å². The van der Waals surface area contributed by atoms with E-state index in [-0.39, 0.29) is 0 Å². The van der Waals surface area contributed by atoms with Crippen LogP contribution in [0.15, 0.2) is 12.2 Å². The largest absolute Gasteiger partial charge is 0.344 e. The highest BCUT2D eigenvalue weighted by Gasteiger charge is 1.70. The number of amides is 1. The van der Waals surface area contributed by atoms with E-state index in [0.717, 1.165) is 0 Å². The summed E-state index contributed by atoms with van der Waals surface area (Å²) in [5.74, 6) is 0. The van der Waals surface area contributed by atoms with E-state index in [1.165, 1.54) is 18.6 Å². The van der Waals surface area contributed by atoms with E-state index in [4.69, 9.17) is 5.26 Å². The lowest BCUT2D eigenvalue weighted by Gasteiger charge is -1.81. The van der Waals surface area contributed by atoms with Crippen molar-refractivity contribution in [2.75, 3.05) is 6.54 Å². The lowest BCUT2D eigenvalue weighted by Crippen LogP contribution is -2.08. The molecule has 0 saturated heterocycles. The number of hydrogen-bond acceptors (Lipinski definition) is 2. The fourth-order valence-corrected chi connectivity index (χ4v) is 0.212. The fourth-order valence-electron chi connectivity index (χ4n) is 0.212. The van der Waals surface area contributed by atoms with Crippen molar-refractivity contribution in [1.82, 2.24) is 5.32 Å². The molecule has 1 radical (unpaired) electrons. The summed E-state index contributed by atoms with van der Waals surface area (Å²) in [6, 6.07) is 1.78. The van der Waals surface area contributed by atoms with Crippen LogP contribution in [-0.2, 0) is 4.79 Å². The summed E-state index contributed by atoms with van der Waals surface area (Å²) in [5, 5.41) is 10.1. The van der Waals surface area contributed by atoms with Crippen LogP contribution in [0.5, 0.6) is 0 Å². The molecule has 0 heterocycles. The number of nitrogens with zero attached hydrogens (tertiary/aromatic N) is 1. The topological polar surface area (TPSA) is 52.9 Å². The van der Waals surface area contributed by atoms with Gasteiger partial charge in [0.2, 0.25) is 0 Å². The number of nitriles is 1. The zero-order valence-corrected chi connectivity index (χ0v) is 4.22. The summed E-state index contributed by atoms with van der Waals surface area (Å²) in [5.41, 5.74) is 0. The molecular formula is C5H5N2O. The van der Waals surface area contributed by atoms with Crippen LogP contribution in [0.25, 0.3) is 0 Å². The maximum atomic E-state index is 9.42. The average Bonchev–Trinajstić information content (AvgIpc) is 1.81. The van der Waals surface area contributed by atoms with Crippen molar-refractivity contribution in [1.29, 1.82) is 5.26 Å². The second-order valence-corrected chi connectivity index (χ2v) is 1.01. The molecule has 0 bridgehead atoms. The van der Waals surface area contributed by atoms with Crippen molar-refractivity contribution in [2.45, 2.75) is 0 Å². The molecule has 1 amide bonds. The molecule has 0 atom stereocenters. The highest BCUT2D eigenvalue weighted by atomic mass is 16.1. The number of rotatable bonds is 3. The van der Waals surface area contributed by atoms with Gasteiger partial charge >= 0.3 is 6.41 Å². The molecule has 0 spiro atoms. The molecule has 1 N–H and O–H groups in total. The predicted octanol–water partition coefficient (Wildman–Crippen LogP) is -0.277. The van der Waals surface area contributed by atoms with Gasteiger partial charge in [-0.05, 0) is 0 Å². The molecule has 41 valence electrons. The third-order valence-corrected chi connectivity index (χ3v) is 0.484. The van der Waals surface area contributed by atoms with E-state index < -0.39 is 0 Å². The van der Waals surface area contributed by atoms with Crippen molar-refractivity contribution in [2.24, 2.45) is 0 Å². The number of nitrogens with one attached hydrogen (secondary N) is 1. The van der Waals surface area contributed by atoms with Crippen LogP contribution in [0.3, 0.4) is 0 Å². The van der Waals surface area contributed by atoms with Gasteiger partial charge in [0.25, 0.3) is 0 Å². The molecule has 0 rings (SSSR count). The second kappa shape index (κ2) is 5.70. The lowest BCUT2D eigenvalue weighted by atomic mass is 10.5. The maximum absolute atomic E-state index is 9.42. The monoisotopic (exact) mass is 109 g/mol. The Morgan fingerprint density at radius 3 is 3.00 bits per heavy atom. The van der Waals surface area contributed by atoms with Gasteiger partial charge in [0.05, 0.1) is 6.07 Å². The molecule has 0 aromatic rings. The maximum Gasteiger partial charge on any atom is 0.309 e. The van der Waals surface area contributed by atoms with E-state index in [1.807, 2.05) is 0 Å². The van der Waals surface area contributed by atoms with Gasteiger partial charge in [0.1, 0.15) is 0 Å². The smallest absolute Gasteiger partial charge is 0.309 e. The Labute approximate surface area is 47.6 Å². The van der Waals surface area contributed by atoms with E-state index in [9.17, 15) is 4.79 Å². The summed E-state index contributed by atoms with van der Waals surface area (Å²) in [4.78, 5) is 9.42. The summed E-state index contributed by atoms with van der Waals surface area (Å²) in [6.07, 6.45) is 4.29. The Bertz CT molecular complexity index is 123. The number of allylic oxidation sites excluding steroid dienone is 1. The second-order valence-electron chi connectivity index (χ2n) is 1.01. The summed E-state index contributed by atoms with van der Waals surface area (Å²) >= 11 is 0. The Hall–Kier alpha value is -1.30. The van der Waals surface area contributed by atoms with Gasteiger partial charge in [-0.2, -0.15) is 5.26 Å². The van der Waals surface area contributed by atoms with Gasteiger partial charge in [-0.15, -0.1) is 0 Å². The molecule has 0 aromatic heterocycles. The quantitative estimate of drug-likeness (QED) is 0.308. The van der Waals surface area contributed by atoms with Crippen LogP contribution < -0.4 is 5.32 Å². The standard InChI is InChI=1S/C5H5N2O/c6-3-1-2-4-7-5-8/h1-2H,4H2,(H,7,8). The minimum absolute atomic E-state index is 0.372. The molecule has 0 aliphatic heterocycles. The van der Waals surface area contributed by atoms with Gasteiger partial charge in [-0.1, -0.05) is 6.08 Å². The SMILES string of the molecule is N#CC=CCN[C]=O. The minimum Gasteiger partial charge on any atom is -0.344 e. The first-order valence-corrected chi connectivity index (χ1v) is 2.06. The van der Waals surface area contributed by atoms with Crippen molar-refractivity contribution in [3.8, 4) is 6.07 Å². The van der Waals surface area contributed by atoms with Gasteiger partial charge in [0.15, 0.2) is 0 Å². The molecule has 0 saturated carbocycles. The Morgan fingerprint density at radius 1 is 1.75 bits per heavy atom. The molecule has 0 unspecified atom stereocenters. The molecule has 0 aromatic carbocycles. The Morgan fingerprint density at radius 2 is 2.50 bits per heavy atom. The molecular weight excluding hydrogens is 104 g/mol. The Kier molecular flexibility index (Phi) is 4.77. The number of hydrogen-bond donors (Lipinski definition) is 1. The van der Waals surface area contributed by atoms with Crippen LogP contribution in [-0.4, -0.2) is 13.0 Å². The fraction of sp³-hybridized carbons (Fsp3) is 0.200. The van der Waals surface area contributed by atoms with Gasteiger partial charge < -0.3 is 5.32 Å². The minimum atomic E-state index is 0.372. The highest BCUT2D eigenvalue weighted by Crippen LogP contribution is 1.62. The zero-order valence-electron chi connectivity index (χ0n) is 4.22. The van der Waals surface area contributed by atoms with Crippen LogP contribution >= 0.6 is 0 Å². The number of carbonyl (C=O) groups excluding carboxylic acids is 1. The molecule has 0 aliphatic carbocycles. The van der Waals surface area contributed by atoms with E-state index >= 15 is 0 Å². The van der Waals surface area contributed by atoms with Crippen molar-refractivity contribution in [3.05, 3.63) is 12.2 Å². The van der Waals surface area contributed by atoms with Crippen LogP contribution in [0.4, 0.5) is 0 Å². The van der Waals surface area contributed by atoms with E-state index in [2.05, 4.69) is 5.32 Å². The van der Waals surface area contributed by atoms with Crippen LogP contribution in [0, 0.1) is 11.3 Å². The highest BCUT2D eigenvalue weighted by molar-refractivity contribution is 5.47. The van der Waals surface area contributed by atoms with Gasteiger partial charge in [0, 0.05) is 12.6 Å². The molecule has 3 nitrogen and oxygen atoms in total. The van der Waals surface area contributed by atoms with Crippen molar-refractivity contribution in [3.63, 3.8) is 0 Å². The van der Waals surface area contributed by atoms with Crippen molar-refractivity contribution >= 4 is 6.41 Å². The first-order chi connectivity index (χ1) is 3.91. The van der Waals surface area contributed by atoms with E-state index in [1.54, 1.807) is 6.07 Å². The van der Waals surface area contributed by atoms with Crippen molar-refractivity contribution < 1.29 is 4.79 Å². The lowest BCUT2D eigenvalue weighted by molar-refractivity contribution is 0.546. The summed E-state index contributed by atoms with van der Waals surface area (Å²) < 4.78 is 0. The molecule has 0 fully saturated rings. The predicted molar refractivity (Wildman–Crippen MR) is 28.4 cm³/mol. The van der Waals surface area contributed by atoms with Gasteiger partial charge in [-0.25, -0.2) is 0 Å². The third kappa shape index (κ3) is 4.70.